The van der Waals surface area contributed by atoms with Gasteiger partial charge in [-0.25, -0.2) is 4.98 Å². The number of fused-ring (bicyclic) bond motifs is 1. The first-order valence-electron chi connectivity index (χ1n) is 7.92. The zero-order valence-electron chi connectivity index (χ0n) is 12.9. The van der Waals surface area contributed by atoms with Gasteiger partial charge >= 0.3 is 5.97 Å². The molecule has 3 heterocycles. The van der Waals surface area contributed by atoms with E-state index in [1.54, 1.807) is 6.92 Å². The number of carboxylic acid groups (broad SMARTS) is 1. The normalized spacial score (nSPS) is 25.3. The number of H-pyrrole nitrogens is 1. The Balaban J connectivity index is 1.56. The Labute approximate surface area is 132 Å². The van der Waals surface area contributed by atoms with Crippen molar-refractivity contribution >= 4 is 11.7 Å². The fraction of sp³-hybridized carbons (Fsp3) is 0.600. The predicted molar refractivity (Wildman–Crippen MR) is 81.0 cm³/mol. The monoisotopic (exact) mass is 317 g/mol. The number of rotatable bonds is 4. The van der Waals surface area contributed by atoms with E-state index in [4.69, 9.17) is 0 Å². The van der Waals surface area contributed by atoms with E-state index in [0.29, 0.717) is 36.3 Å². The summed E-state index contributed by atoms with van der Waals surface area (Å²) in [6.45, 7) is 3.55. The van der Waals surface area contributed by atoms with Crippen molar-refractivity contribution in [3.8, 4) is 0 Å². The van der Waals surface area contributed by atoms with Gasteiger partial charge in [0.1, 0.15) is 5.82 Å². The van der Waals surface area contributed by atoms with E-state index in [-0.39, 0.29) is 17.4 Å². The van der Waals surface area contributed by atoms with E-state index < -0.39 is 5.97 Å². The molecule has 4 rings (SSSR count). The Kier molecular flexibility index (Phi) is 3.22. The molecule has 122 valence electrons. The van der Waals surface area contributed by atoms with Crippen molar-refractivity contribution in [3.63, 3.8) is 0 Å². The van der Waals surface area contributed by atoms with E-state index >= 15 is 0 Å². The first-order chi connectivity index (χ1) is 11.0. The molecular formula is C15H19N5O3. The second-order valence-electron chi connectivity index (χ2n) is 6.67. The molecule has 8 nitrogen and oxygen atoms in total. The molecular weight excluding hydrogens is 298 g/mol. The minimum atomic E-state index is -0.712. The van der Waals surface area contributed by atoms with Crippen molar-refractivity contribution in [1.82, 2.24) is 24.5 Å². The number of aryl methyl sites for hydroxylation is 1. The molecule has 0 amide bonds. The summed E-state index contributed by atoms with van der Waals surface area (Å²) < 4.78 is 1.32. The Hall–Kier alpha value is -2.22. The summed E-state index contributed by atoms with van der Waals surface area (Å²) in [7, 11) is 0. The molecule has 2 fully saturated rings. The Bertz CT molecular complexity index is 822. The molecule has 1 aliphatic heterocycles. The van der Waals surface area contributed by atoms with Gasteiger partial charge in [-0.05, 0) is 31.6 Å². The van der Waals surface area contributed by atoms with Crippen LogP contribution in [0.25, 0.3) is 5.78 Å². The summed E-state index contributed by atoms with van der Waals surface area (Å²) in [6, 6.07) is 1.49. The fourth-order valence-corrected chi connectivity index (χ4v) is 3.65. The first kappa shape index (κ1) is 14.4. The SMILES string of the molecule is Cc1nc2nc(CN3C[C@@H](C(=O)O)[C@H](C4CC4)C3)cc(=O)n2[nH]1. The van der Waals surface area contributed by atoms with Crippen molar-refractivity contribution in [3.05, 3.63) is 27.9 Å². The number of carbonyl (C=O) groups is 1. The molecule has 1 saturated carbocycles. The van der Waals surface area contributed by atoms with Gasteiger partial charge in [-0.1, -0.05) is 0 Å². The molecule has 2 aromatic rings. The molecule has 2 N–H and O–H groups in total. The van der Waals surface area contributed by atoms with Crippen molar-refractivity contribution in [2.24, 2.45) is 17.8 Å². The molecule has 2 atom stereocenters. The number of carboxylic acids is 1. The van der Waals surface area contributed by atoms with Gasteiger partial charge in [0.05, 0.1) is 11.6 Å². The molecule has 2 aromatic heterocycles. The maximum absolute atomic E-state index is 12.1. The predicted octanol–water partition coefficient (Wildman–Crippen LogP) is 0.269. The average Bonchev–Trinajstić information content (AvgIpc) is 3.12. The van der Waals surface area contributed by atoms with Crippen LogP contribution in [0.1, 0.15) is 24.4 Å². The maximum atomic E-state index is 12.1. The van der Waals surface area contributed by atoms with Crippen molar-refractivity contribution in [1.29, 1.82) is 0 Å². The number of aromatic nitrogens is 4. The van der Waals surface area contributed by atoms with Crippen LogP contribution in [0.3, 0.4) is 0 Å². The second kappa shape index (κ2) is 5.16. The van der Waals surface area contributed by atoms with E-state index in [2.05, 4.69) is 20.0 Å². The third-order valence-electron chi connectivity index (χ3n) is 4.87. The minimum Gasteiger partial charge on any atom is -0.481 e. The van der Waals surface area contributed by atoms with Crippen LogP contribution < -0.4 is 5.56 Å². The van der Waals surface area contributed by atoms with E-state index in [9.17, 15) is 14.7 Å². The van der Waals surface area contributed by atoms with Crippen molar-refractivity contribution < 1.29 is 9.90 Å². The van der Waals surface area contributed by atoms with Crippen LogP contribution in [0.15, 0.2) is 10.9 Å². The Morgan fingerprint density at radius 1 is 1.39 bits per heavy atom. The quantitative estimate of drug-likeness (QED) is 0.839. The summed E-state index contributed by atoms with van der Waals surface area (Å²) in [5.74, 6) is 0.752. The van der Waals surface area contributed by atoms with Gasteiger partial charge in [0.15, 0.2) is 0 Å². The van der Waals surface area contributed by atoms with Gasteiger partial charge in [-0.3, -0.25) is 19.6 Å². The smallest absolute Gasteiger partial charge is 0.308 e. The summed E-state index contributed by atoms with van der Waals surface area (Å²) >= 11 is 0. The Morgan fingerprint density at radius 2 is 2.17 bits per heavy atom. The third-order valence-corrected chi connectivity index (χ3v) is 4.87. The van der Waals surface area contributed by atoms with E-state index in [1.807, 2.05) is 0 Å². The maximum Gasteiger partial charge on any atom is 0.308 e. The number of nitrogens with zero attached hydrogens (tertiary/aromatic N) is 4. The number of likely N-dealkylation sites (tertiary alicyclic amines) is 1. The van der Waals surface area contributed by atoms with Crippen LogP contribution >= 0.6 is 0 Å². The van der Waals surface area contributed by atoms with Gasteiger partial charge in [-0.2, -0.15) is 9.50 Å². The van der Waals surface area contributed by atoms with E-state index in [1.165, 1.54) is 10.6 Å². The summed E-state index contributed by atoms with van der Waals surface area (Å²) in [6.07, 6.45) is 2.28. The van der Waals surface area contributed by atoms with Crippen LogP contribution in [0.4, 0.5) is 0 Å². The lowest BCUT2D eigenvalue weighted by Gasteiger charge is -2.14. The van der Waals surface area contributed by atoms with Crippen LogP contribution in [0, 0.1) is 24.7 Å². The molecule has 0 spiro atoms. The van der Waals surface area contributed by atoms with Gasteiger partial charge in [0.2, 0.25) is 0 Å². The third kappa shape index (κ3) is 2.63. The topological polar surface area (TPSA) is 104 Å². The van der Waals surface area contributed by atoms with Crippen LogP contribution in [-0.4, -0.2) is 48.6 Å². The molecule has 1 saturated heterocycles. The summed E-state index contributed by atoms with van der Waals surface area (Å²) in [4.78, 5) is 34.2. The summed E-state index contributed by atoms with van der Waals surface area (Å²) in [5, 5.41) is 12.3. The molecule has 0 bridgehead atoms. The van der Waals surface area contributed by atoms with Crippen LogP contribution in [0.2, 0.25) is 0 Å². The fourth-order valence-electron chi connectivity index (χ4n) is 3.65. The van der Waals surface area contributed by atoms with Gasteiger partial charge < -0.3 is 5.11 Å². The highest BCUT2D eigenvalue weighted by atomic mass is 16.4. The highest BCUT2D eigenvalue weighted by molar-refractivity contribution is 5.71. The Morgan fingerprint density at radius 3 is 2.87 bits per heavy atom. The van der Waals surface area contributed by atoms with Gasteiger partial charge in [0, 0.05) is 25.7 Å². The van der Waals surface area contributed by atoms with E-state index in [0.717, 1.165) is 19.4 Å². The number of aromatic amines is 1. The molecule has 0 radical (unpaired) electrons. The molecule has 8 heteroatoms. The van der Waals surface area contributed by atoms with Crippen molar-refractivity contribution in [2.75, 3.05) is 13.1 Å². The molecule has 0 unspecified atom stereocenters. The lowest BCUT2D eigenvalue weighted by molar-refractivity contribution is -0.142. The molecule has 2 aliphatic rings. The number of nitrogens with one attached hydrogen (secondary N) is 1. The van der Waals surface area contributed by atoms with Crippen molar-refractivity contribution in [2.45, 2.75) is 26.3 Å². The number of hydrogen-bond donors (Lipinski definition) is 2. The lowest BCUT2D eigenvalue weighted by atomic mass is 9.92. The highest BCUT2D eigenvalue weighted by Gasteiger charge is 2.45. The van der Waals surface area contributed by atoms with Gasteiger partial charge in [-0.15, -0.1) is 0 Å². The van der Waals surface area contributed by atoms with Gasteiger partial charge in [0.25, 0.3) is 11.3 Å². The number of hydrogen-bond acceptors (Lipinski definition) is 5. The average molecular weight is 317 g/mol. The minimum absolute atomic E-state index is 0.196. The number of aliphatic carboxylic acids is 1. The molecule has 0 aromatic carbocycles. The lowest BCUT2D eigenvalue weighted by Crippen LogP contribution is -2.25. The summed E-state index contributed by atoms with van der Waals surface area (Å²) in [5.41, 5.74) is 0.445. The first-order valence-corrected chi connectivity index (χ1v) is 7.92. The second-order valence-corrected chi connectivity index (χ2v) is 6.67. The zero-order chi connectivity index (χ0) is 16.1. The van der Waals surface area contributed by atoms with Crippen LogP contribution in [0.5, 0.6) is 0 Å². The van der Waals surface area contributed by atoms with Crippen LogP contribution in [-0.2, 0) is 11.3 Å². The molecule has 1 aliphatic carbocycles. The highest BCUT2D eigenvalue weighted by Crippen LogP contribution is 2.44. The zero-order valence-corrected chi connectivity index (χ0v) is 12.9. The standard InChI is InChI=1S/C15H19N5O3/c1-8-16-15-17-10(4-13(21)20(15)18-8)5-19-6-11(9-2-3-9)12(7-19)14(22)23/h4,9,11-12H,2-3,5-7H2,1H3,(H,22,23)(H,16,17,18)/t11-,12+/m0/s1. The largest absolute Gasteiger partial charge is 0.481 e. The molecule has 23 heavy (non-hydrogen) atoms.